The van der Waals surface area contributed by atoms with Crippen LogP contribution in [0, 0.1) is 5.92 Å². The highest BCUT2D eigenvalue weighted by Crippen LogP contribution is 2.39. The van der Waals surface area contributed by atoms with E-state index in [1.54, 1.807) is 0 Å². The number of hydrogen-bond acceptors (Lipinski definition) is 3. The van der Waals surface area contributed by atoms with Gasteiger partial charge in [0.25, 0.3) is 0 Å². The van der Waals surface area contributed by atoms with E-state index in [4.69, 9.17) is 5.73 Å². The average molecular weight is 217 g/mol. The molecule has 0 amide bonds. The van der Waals surface area contributed by atoms with Crippen molar-refractivity contribution in [3.05, 3.63) is 23.9 Å². The lowest BCUT2D eigenvalue weighted by atomic mass is 10.1. The van der Waals surface area contributed by atoms with Crippen LogP contribution in [0.1, 0.15) is 37.8 Å². The van der Waals surface area contributed by atoms with Gasteiger partial charge in [-0.25, -0.2) is 4.98 Å². The van der Waals surface area contributed by atoms with Crippen LogP contribution in [0.2, 0.25) is 0 Å². The van der Waals surface area contributed by atoms with Crippen molar-refractivity contribution in [3.8, 4) is 0 Å². The summed E-state index contributed by atoms with van der Waals surface area (Å²) in [5, 5.41) is 0. The number of fused-ring (bicyclic) bond motifs is 2. The Labute approximate surface area is 96.7 Å². The molecule has 0 radical (unpaired) electrons. The number of hydrogen-bond donors (Lipinski definition) is 1. The van der Waals surface area contributed by atoms with Gasteiger partial charge in [0.2, 0.25) is 0 Å². The Balaban J connectivity index is 1.86. The second kappa shape index (κ2) is 3.74. The smallest absolute Gasteiger partial charge is 0.129 e. The summed E-state index contributed by atoms with van der Waals surface area (Å²) in [5.74, 6) is 2.03. The van der Waals surface area contributed by atoms with Crippen LogP contribution in [0.25, 0.3) is 0 Å². The van der Waals surface area contributed by atoms with Crippen LogP contribution < -0.4 is 10.6 Å². The third kappa shape index (κ3) is 1.59. The largest absolute Gasteiger partial charge is 0.353 e. The predicted octanol–water partition coefficient (Wildman–Crippen LogP) is 2.09. The molecular weight excluding hydrogens is 198 g/mol. The van der Waals surface area contributed by atoms with E-state index >= 15 is 0 Å². The highest BCUT2D eigenvalue weighted by Gasteiger charge is 2.38. The molecule has 3 nitrogen and oxygen atoms in total. The Hall–Kier alpha value is -1.09. The van der Waals surface area contributed by atoms with Gasteiger partial charge in [-0.2, -0.15) is 0 Å². The summed E-state index contributed by atoms with van der Waals surface area (Å²) in [4.78, 5) is 6.97. The molecule has 2 heterocycles. The second-order valence-electron chi connectivity index (χ2n) is 5.22. The van der Waals surface area contributed by atoms with Crippen LogP contribution in [0.5, 0.6) is 0 Å². The maximum absolute atomic E-state index is 5.91. The molecule has 2 N–H and O–H groups in total. The Bertz CT molecular complexity index is 389. The Morgan fingerprint density at radius 1 is 1.50 bits per heavy atom. The molecule has 1 aromatic rings. The van der Waals surface area contributed by atoms with Crippen LogP contribution in [0.15, 0.2) is 18.3 Å². The van der Waals surface area contributed by atoms with E-state index in [0.29, 0.717) is 0 Å². The molecule has 1 aromatic heterocycles. The summed E-state index contributed by atoms with van der Waals surface area (Å²) in [6, 6.07) is 5.01. The molecule has 0 spiro atoms. The molecular formula is C13H19N3. The van der Waals surface area contributed by atoms with Crippen molar-refractivity contribution < 1.29 is 0 Å². The first-order chi connectivity index (χ1) is 7.74. The summed E-state index contributed by atoms with van der Waals surface area (Å²) in [7, 11) is 0. The molecule has 2 bridgehead atoms. The molecule has 1 aliphatic heterocycles. The van der Waals surface area contributed by atoms with E-state index in [9.17, 15) is 0 Å². The van der Waals surface area contributed by atoms with E-state index in [0.717, 1.165) is 17.8 Å². The van der Waals surface area contributed by atoms with Crippen molar-refractivity contribution in [1.29, 1.82) is 0 Å². The van der Waals surface area contributed by atoms with Crippen molar-refractivity contribution in [3.63, 3.8) is 0 Å². The standard InChI is InChI=1S/C13H19N3/c1-9(14)11-4-5-15-13(7-11)16-8-10-2-3-12(16)6-10/h4-5,7,9-10,12H,2-3,6,8,14H2,1H3/t9-,10?,12?/m1/s1. The third-order valence-corrected chi connectivity index (χ3v) is 4.00. The van der Waals surface area contributed by atoms with Crippen LogP contribution in [0.4, 0.5) is 5.82 Å². The minimum atomic E-state index is 0.0986. The minimum Gasteiger partial charge on any atom is -0.353 e. The fourth-order valence-electron chi connectivity index (χ4n) is 3.08. The van der Waals surface area contributed by atoms with Crippen molar-refractivity contribution >= 4 is 5.82 Å². The second-order valence-corrected chi connectivity index (χ2v) is 5.22. The van der Waals surface area contributed by atoms with Crippen LogP contribution in [0.3, 0.4) is 0 Å². The predicted molar refractivity (Wildman–Crippen MR) is 65.3 cm³/mol. The highest BCUT2D eigenvalue weighted by atomic mass is 15.2. The van der Waals surface area contributed by atoms with Gasteiger partial charge in [0.1, 0.15) is 5.82 Å². The average Bonchev–Trinajstić information content (AvgIpc) is 2.91. The SMILES string of the molecule is C[C@@H](N)c1ccnc(N2CC3CCC2C3)c1. The van der Waals surface area contributed by atoms with Gasteiger partial charge >= 0.3 is 0 Å². The Kier molecular flexibility index (Phi) is 2.36. The van der Waals surface area contributed by atoms with Crippen molar-refractivity contribution in [1.82, 2.24) is 4.98 Å². The zero-order chi connectivity index (χ0) is 11.1. The number of aromatic nitrogens is 1. The maximum atomic E-state index is 5.91. The molecule has 1 saturated carbocycles. The lowest BCUT2D eigenvalue weighted by molar-refractivity contribution is 0.550. The van der Waals surface area contributed by atoms with Gasteiger partial charge in [-0.1, -0.05) is 0 Å². The van der Waals surface area contributed by atoms with Gasteiger partial charge in [0, 0.05) is 24.8 Å². The van der Waals surface area contributed by atoms with Crippen molar-refractivity contribution in [2.75, 3.05) is 11.4 Å². The van der Waals surface area contributed by atoms with E-state index in [1.807, 2.05) is 19.2 Å². The fraction of sp³-hybridized carbons (Fsp3) is 0.615. The Morgan fingerprint density at radius 2 is 2.38 bits per heavy atom. The van der Waals surface area contributed by atoms with Crippen LogP contribution in [-0.2, 0) is 0 Å². The summed E-state index contributed by atoms with van der Waals surface area (Å²) in [6.07, 6.45) is 6.01. The highest BCUT2D eigenvalue weighted by molar-refractivity contribution is 5.45. The molecule has 1 saturated heterocycles. The number of nitrogens with zero attached hydrogens (tertiary/aromatic N) is 2. The van der Waals surface area contributed by atoms with Crippen LogP contribution in [-0.4, -0.2) is 17.6 Å². The molecule has 3 atom stereocenters. The topological polar surface area (TPSA) is 42.1 Å². The van der Waals surface area contributed by atoms with E-state index in [2.05, 4.69) is 16.0 Å². The van der Waals surface area contributed by atoms with E-state index in [1.165, 1.54) is 31.4 Å². The first kappa shape index (κ1) is 10.1. The number of pyridine rings is 1. The number of rotatable bonds is 2. The monoisotopic (exact) mass is 217 g/mol. The molecule has 2 unspecified atom stereocenters. The normalized spacial score (nSPS) is 29.8. The van der Waals surface area contributed by atoms with Crippen LogP contribution >= 0.6 is 0 Å². The number of piperidine rings is 1. The van der Waals surface area contributed by atoms with Gasteiger partial charge in [0.15, 0.2) is 0 Å². The van der Waals surface area contributed by atoms with Gasteiger partial charge in [-0.05, 0) is 49.8 Å². The molecule has 2 fully saturated rings. The summed E-state index contributed by atoms with van der Waals surface area (Å²) in [5.41, 5.74) is 7.10. The van der Waals surface area contributed by atoms with Gasteiger partial charge in [-0.15, -0.1) is 0 Å². The lowest BCUT2D eigenvalue weighted by Gasteiger charge is -2.28. The molecule has 2 aliphatic rings. The molecule has 3 rings (SSSR count). The third-order valence-electron chi connectivity index (χ3n) is 4.00. The first-order valence-corrected chi connectivity index (χ1v) is 6.22. The van der Waals surface area contributed by atoms with Gasteiger partial charge in [0.05, 0.1) is 0 Å². The van der Waals surface area contributed by atoms with Gasteiger partial charge < -0.3 is 10.6 Å². The Morgan fingerprint density at radius 3 is 3.00 bits per heavy atom. The maximum Gasteiger partial charge on any atom is 0.129 e. The zero-order valence-corrected chi connectivity index (χ0v) is 9.76. The van der Waals surface area contributed by atoms with E-state index in [-0.39, 0.29) is 6.04 Å². The lowest BCUT2D eigenvalue weighted by Crippen LogP contribution is -2.32. The van der Waals surface area contributed by atoms with Crippen molar-refractivity contribution in [2.45, 2.75) is 38.3 Å². The summed E-state index contributed by atoms with van der Waals surface area (Å²) < 4.78 is 0. The fourth-order valence-corrected chi connectivity index (χ4v) is 3.08. The zero-order valence-electron chi connectivity index (χ0n) is 9.76. The molecule has 16 heavy (non-hydrogen) atoms. The first-order valence-electron chi connectivity index (χ1n) is 6.22. The molecule has 0 aromatic carbocycles. The minimum absolute atomic E-state index is 0.0986. The number of anilines is 1. The summed E-state index contributed by atoms with van der Waals surface area (Å²) in [6.45, 7) is 3.22. The van der Waals surface area contributed by atoms with E-state index < -0.39 is 0 Å². The quantitative estimate of drug-likeness (QED) is 0.824. The van der Waals surface area contributed by atoms with Crippen molar-refractivity contribution in [2.24, 2.45) is 11.7 Å². The van der Waals surface area contributed by atoms with Gasteiger partial charge in [-0.3, -0.25) is 0 Å². The number of nitrogens with two attached hydrogens (primary N) is 1. The molecule has 3 heteroatoms. The molecule has 86 valence electrons. The summed E-state index contributed by atoms with van der Waals surface area (Å²) >= 11 is 0. The molecule has 1 aliphatic carbocycles.